The van der Waals surface area contributed by atoms with E-state index in [1.165, 1.54) is 21.9 Å². The third-order valence-electron chi connectivity index (χ3n) is 11.1. The van der Waals surface area contributed by atoms with Crippen LogP contribution in [0.5, 0.6) is 0 Å². The molecule has 268 valence electrons. The predicted molar refractivity (Wildman–Crippen MR) is 229 cm³/mol. The number of hydrogen-bond acceptors (Lipinski definition) is 3. The van der Waals surface area contributed by atoms with Crippen LogP contribution in [-0.4, -0.2) is 19.5 Å². The molecule has 0 saturated carbocycles. The first-order valence-electron chi connectivity index (χ1n) is 19.1. The van der Waals surface area contributed by atoms with Crippen LogP contribution in [0.2, 0.25) is 0 Å². The predicted octanol–water partition coefficient (Wildman–Crippen LogP) is 13.6. The van der Waals surface area contributed by atoms with E-state index in [1.807, 2.05) is 30.5 Å². The van der Waals surface area contributed by atoms with Crippen LogP contribution < -0.4 is 0 Å². The maximum atomic E-state index is 6.55. The second kappa shape index (κ2) is 12.0. The van der Waals surface area contributed by atoms with E-state index >= 15 is 0 Å². The van der Waals surface area contributed by atoms with Gasteiger partial charge in [0.2, 0.25) is 0 Å². The van der Waals surface area contributed by atoms with Crippen molar-refractivity contribution in [2.24, 2.45) is 0 Å². The first kappa shape index (κ1) is 33.1. The highest BCUT2D eigenvalue weighted by molar-refractivity contribution is 6.15. The summed E-state index contributed by atoms with van der Waals surface area (Å²) in [7, 11) is 0. The Morgan fingerprint density at radius 3 is 2.13 bits per heavy atom. The number of aromatic nitrogens is 4. The lowest BCUT2D eigenvalue weighted by molar-refractivity contribution is 0.590. The number of furan rings is 1. The van der Waals surface area contributed by atoms with Gasteiger partial charge >= 0.3 is 0 Å². The zero-order valence-corrected chi connectivity index (χ0v) is 32.0. The average Bonchev–Trinajstić information content (AvgIpc) is 3.88. The first-order valence-corrected chi connectivity index (χ1v) is 19.1. The van der Waals surface area contributed by atoms with Crippen molar-refractivity contribution in [3.63, 3.8) is 0 Å². The lowest BCUT2D eigenvalue weighted by Gasteiger charge is -2.21. The van der Waals surface area contributed by atoms with Crippen molar-refractivity contribution < 1.29 is 4.42 Å². The fourth-order valence-electron chi connectivity index (χ4n) is 8.16. The van der Waals surface area contributed by atoms with E-state index in [0.717, 1.165) is 83.5 Å². The van der Waals surface area contributed by atoms with E-state index < -0.39 is 0 Å². The van der Waals surface area contributed by atoms with E-state index in [9.17, 15) is 0 Å². The molecule has 4 heterocycles. The number of fused-ring (bicyclic) bond motifs is 7. The van der Waals surface area contributed by atoms with Gasteiger partial charge in [0.1, 0.15) is 17.0 Å². The molecule has 0 aliphatic rings. The Morgan fingerprint density at radius 1 is 0.582 bits per heavy atom. The lowest BCUT2D eigenvalue weighted by Crippen LogP contribution is -2.11. The van der Waals surface area contributed by atoms with Gasteiger partial charge in [-0.25, -0.2) is 4.98 Å². The third-order valence-corrected chi connectivity index (χ3v) is 11.1. The fourth-order valence-corrected chi connectivity index (χ4v) is 8.16. The summed E-state index contributed by atoms with van der Waals surface area (Å²) in [6.07, 6.45) is 1.85. The zero-order chi connectivity index (χ0) is 37.6. The smallest absolute Gasteiger partial charge is 0.147 e. The monoisotopic (exact) mass is 714 g/mol. The maximum Gasteiger partial charge on any atom is 0.147 e. The molecule has 0 spiro atoms. The van der Waals surface area contributed by atoms with Crippen molar-refractivity contribution in [1.82, 2.24) is 19.5 Å². The van der Waals surface area contributed by atoms with Gasteiger partial charge in [-0.2, -0.15) is 0 Å². The molecule has 6 aromatic carbocycles. The van der Waals surface area contributed by atoms with Gasteiger partial charge < -0.3 is 9.40 Å². The number of aromatic amines is 1. The van der Waals surface area contributed by atoms with Crippen molar-refractivity contribution in [3.8, 4) is 39.5 Å². The number of hydrogen-bond donors (Lipinski definition) is 1. The fraction of sp³-hybridized carbons (Fsp3) is 0.160. The summed E-state index contributed by atoms with van der Waals surface area (Å²) in [5.74, 6) is 0.891. The standard InChI is InChI=1S/C50H42N4O/c1-49(2,3)31-22-23-41-36(27-31)37-28-32(50(4,5)6)29-39(46(37)52-41)48-53-47-34(18-14-20-42(47)54(48)33-15-8-7-9-16-33)30-25-38(40-19-12-13-24-51-40)45-35-17-10-11-21-43(35)55-44(45)26-30/h7-29,52H,1-6H3. The molecule has 1 N–H and O–H groups in total. The molecule has 0 radical (unpaired) electrons. The summed E-state index contributed by atoms with van der Waals surface area (Å²) in [6, 6.07) is 47.4. The maximum absolute atomic E-state index is 6.55. The molecule has 0 amide bonds. The van der Waals surface area contributed by atoms with Crippen LogP contribution in [0.4, 0.5) is 0 Å². The molecular formula is C50H42N4O. The summed E-state index contributed by atoms with van der Waals surface area (Å²) in [5, 5.41) is 4.59. The van der Waals surface area contributed by atoms with Gasteiger partial charge in [-0.1, -0.05) is 102 Å². The molecule has 0 unspecified atom stereocenters. The van der Waals surface area contributed by atoms with E-state index in [0.29, 0.717) is 0 Å². The molecule has 4 aromatic heterocycles. The van der Waals surface area contributed by atoms with Crippen LogP contribution in [0.1, 0.15) is 52.7 Å². The molecule has 0 saturated heterocycles. The van der Waals surface area contributed by atoms with Crippen LogP contribution >= 0.6 is 0 Å². The van der Waals surface area contributed by atoms with Crippen molar-refractivity contribution in [2.75, 3.05) is 0 Å². The number of rotatable bonds is 4. The Labute approximate surface area is 320 Å². The van der Waals surface area contributed by atoms with E-state index in [2.05, 4.69) is 160 Å². The summed E-state index contributed by atoms with van der Waals surface area (Å²) >= 11 is 0. The van der Waals surface area contributed by atoms with Crippen LogP contribution in [0.25, 0.3) is 94.2 Å². The SMILES string of the molecule is CC(C)(C)c1ccc2[nH]c3c(-c4nc5c(-c6cc(-c7ccccn7)c7c(c6)oc6ccccc67)cccc5n4-c4ccccc4)cc(C(C)(C)C)cc3c2c1. The topological polar surface area (TPSA) is 59.6 Å². The van der Waals surface area contributed by atoms with E-state index in [-0.39, 0.29) is 10.8 Å². The van der Waals surface area contributed by atoms with Gasteiger partial charge in [-0.05, 0) is 100 Å². The van der Waals surface area contributed by atoms with Gasteiger partial charge in [-0.15, -0.1) is 0 Å². The largest absolute Gasteiger partial charge is 0.456 e. The summed E-state index contributed by atoms with van der Waals surface area (Å²) < 4.78 is 8.88. The normalized spacial score (nSPS) is 12.5. The van der Waals surface area contributed by atoms with Gasteiger partial charge in [0, 0.05) is 55.6 Å². The Kier molecular flexibility index (Phi) is 7.24. The number of nitrogens with zero attached hydrogens (tertiary/aromatic N) is 3. The molecule has 55 heavy (non-hydrogen) atoms. The van der Waals surface area contributed by atoms with Gasteiger partial charge in [0.05, 0.1) is 22.2 Å². The molecular weight excluding hydrogens is 673 g/mol. The molecule has 5 heteroatoms. The number of para-hydroxylation sites is 3. The Bertz CT molecular complexity index is 3100. The van der Waals surface area contributed by atoms with Crippen LogP contribution in [0.15, 0.2) is 144 Å². The van der Waals surface area contributed by atoms with Gasteiger partial charge in [0.15, 0.2) is 0 Å². The van der Waals surface area contributed by atoms with E-state index in [1.54, 1.807) is 0 Å². The summed E-state index contributed by atoms with van der Waals surface area (Å²) in [5.41, 5.74) is 14.5. The zero-order valence-electron chi connectivity index (χ0n) is 32.0. The van der Waals surface area contributed by atoms with Crippen LogP contribution in [0, 0.1) is 0 Å². The van der Waals surface area contributed by atoms with Crippen molar-refractivity contribution >= 4 is 54.8 Å². The summed E-state index contributed by atoms with van der Waals surface area (Å²) in [6.45, 7) is 13.7. The molecule has 0 bridgehead atoms. The summed E-state index contributed by atoms with van der Waals surface area (Å²) in [4.78, 5) is 14.3. The molecule has 0 atom stereocenters. The Hall–Kier alpha value is -6.46. The van der Waals surface area contributed by atoms with E-state index in [4.69, 9.17) is 14.4 Å². The second-order valence-corrected chi connectivity index (χ2v) is 16.8. The van der Waals surface area contributed by atoms with Gasteiger partial charge in [0.25, 0.3) is 0 Å². The highest BCUT2D eigenvalue weighted by Crippen LogP contribution is 2.44. The first-order chi connectivity index (χ1) is 26.5. The highest BCUT2D eigenvalue weighted by atomic mass is 16.3. The molecule has 5 nitrogen and oxygen atoms in total. The van der Waals surface area contributed by atoms with Crippen molar-refractivity contribution in [3.05, 3.63) is 151 Å². The minimum Gasteiger partial charge on any atom is -0.456 e. The molecule has 10 rings (SSSR count). The Balaban J connectivity index is 1.29. The van der Waals surface area contributed by atoms with Crippen LogP contribution in [0.3, 0.4) is 0 Å². The number of benzene rings is 6. The van der Waals surface area contributed by atoms with Crippen LogP contribution in [-0.2, 0) is 10.8 Å². The third kappa shape index (κ3) is 5.37. The Morgan fingerprint density at radius 2 is 1.35 bits per heavy atom. The van der Waals surface area contributed by atoms with Crippen molar-refractivity contribution in [2.45, 2.75) is 52.4 Å². The minimum atomic E-state index is -0.0905. The average molecular weight is 715 g/mol. The van der Waals surface area contributed by atoms with Gasteiger partial charge in [-0.3, -0.25) is 9.55 Å². The molecule has 0 aliphatic carbocycles. The highest BCUT2D eigenvalue weighted by Gasteiger charge is 2.26. The van der Waals surface area contributed by atoms with Crippen molar-refractivity contribution in [1.29, 1.82) is 0 Å². The number of nitrogens with one attached hydrogen (secondary N) is 1. The molecule has 0 aliphatic heterocycles. The minimum absolute atomic E-state index is 0.0295. The second-order valence-electron chi connectivity index (χ2n) is 16.8. The molecule has 0 fully saturated rings. The number of pyridine rings is 1. The quantitative estimate of drug-likeness (QED) is 0.197. The number of H-pyrrole nitrogens is 1. The number of imidazole rings is 1. The lowest BCUT2D eigenvalue weighted by atomic mass is 9.84. The molecule has 10 aromatic rings.